The van der Waals surface area contributed by atoms with Crippen LogP contribution < -0.4 is 5.32 Å². The summed E-state index contributed by atoms with van der Waals surface area (Å²) < 4.78 is 5.70. The summed E-state index contributed by atoms with van der Waals surface area (Å²) in [5.74, 6) is 1.98. The molecule has 2 aromatic rings. The van der Waals surface area contributed by atoms with E-state index >= 15 is 0 Å². The Bertz CT molecular complexity index is 553. The molecule has 0 bridgehead atoms. The molecule has 2 heteroatoms. The van der Waals surface area contributed by atoms with Gasteiger partial charge in [-0.05, 0) is 50.4 Å². The minimum absolute atomic E-state index is 0.215. The molecule has 0 aliphatic heterocycles. The lowest BCUT2D eigenvalue weighted by atomic mass is 9.97. The first-order valence-corrected chi connectivity index (χ1v) is 8.04. The smallest absolute Gasteiger partial charge is 0.106 e. The van der Waals surface area contributed by atoms with Gasteiger partial charge in [-0.25, -0.2) is 0 Å². The van der Waals surface area contributed by atoms with Gasteiger partial charge in [0, 0.05) is 5.56 Å². The van der Waals surface area contributed by atoms with Crippen LogP contribution >= 0.6 is 0 Å². The van der Waals surface area contributed by atoms with Crippen LogP contribution in [0.5, 0.6) is 0 Å². The average Bonchev–Trinajstić information content (AvgIpc) is 2.82. The maximum absolute atomic E-state index is 5.70. The lowest BCUT2D eigenvalue weighted by Gasteiger charge is -2.18. The van der Waals surface area contributed by atoms with Gasteiger partial charge in [0.05, 0.1) is 6.04 Å². The van der Waals surface area contributed by atoms with Crippen LogP contribution in [0.15, 0.2) is 34.7 Å². The van der Waals surface area contributed by atoms with Crippen molar-refractivity contribution in [3.05, 3.63) is 58.5 Å². The highest BCUT2D eigenvalue weighted by Gasteiger charge is 2.18. The number of unbranched alkanes of at least 4 members (excludes halogenated alkanes) is 1. The highest BCUT2D eigenvalue weighted by Crippen LogP contribution is 2.27. The molecular formula is C19H27NO. The first kappa shape index (κ1) is 15.8. The van der Waals surface area contributed by atoms with Crippen molar-refractivity contribution >= 4 is 0 Å². The number of hydrogen-bond donors (Lipinski definition) is 1. The van der Waals surface area contributed by atoms with E-state index < -0.39 is 0 Å². The van der Waals surface area contributed by atoms with Gasteiger partial charge >= 0.3 is 0 Å². The molecule has 0 saturated heterocycles. The molecule has 114 valence electrons. The lowest BCUT2D eigenvalue weighted by molar-refractivity contribution is 0.495. The van der Waals surface area contributed by atoms with E-state index in [0.717, 1.165) is 18.1 Å². The number of rotatable bonds is 7. The summed E-state index contributed by atoms with van der Waals surface area (Å²) in [6.07, 6.45) is 3.68. The van der Waals surface area contributed by atoms with Gasteiger partial charge in [0.1, 0.15) is 11.5 Å². The molecule has 0 radical (unpaired) electrons. The van der Waals surface area contributed by atoms with Crippen molar-refractivity contribution in [2.75, 3.05) is 6.54 Å². The second-order valence-electron chi connectivity index (χ2n) is 5.70. The summed E-state index contributed by atoms with van der Waals surface area (Å²) in [5.41, 5.74) is 3.98. The van der Waals surface area contributed by atoms with Crippen molar-refractivity contribution in [1.29, 1.82) is 0 Å². The minimum Gasteiger partial charge on any atom is -0.466 e. The van der Waals surface area contributed by atoms with E-state index in [-0.39, 0.29) is 6.04 Å². The molecule has 2 nitrogen and oxygen atoms in total. The molecule has 1 aromatic carbocycles. The molecule has 1 aromatic heterocycles. The van der Waals surface area contributed by atoms with Crippen LogP contribution in [0.1, 0.15) is 60.9 Å². The topological polar surface area (TPSA) is 25.2 Å². The molecule has 0 amide bonds. The molecule has 1 heterocycles. The largest absolute Gasteiger partial charge is 0.466 e. The van der Waals surface area contributed by atoms with Gasteiger partial charge < -0.3 is 9.73 Å². The van der Waals surface area contributed by atoms with Crippen LogP contribution in [0.25, 0.3) is 0 Å². The van der Waals surface area contributed by atoms with Gasteiger partial charge in [-0.1, -0.05) is 44.5 Å². The number of furan rings is 1. The fourth-order valence-electron chi connectivity index (χ4n) is 2.81. The van der Waals surface area contributed by atoms with Gasteiger partial charge in [-0.15, -0.1) is 0 Å². The number of nitrogens with one attached hydrogen (secondary N) is 1. The highest BCUT2D eigenvalue weighted by atomic mass is 16.3. The standard InChI is InChI=1S/C19H27NO/c1-5-7-8-16-9-11-17(12-10-16)19(20-6-2)18-13-14(3)21-15(18)4/h9-13,19-20H,5-8H2,1-4H3. The third kappa shape index (κ3) is 3.98. The monoisotopic (exact) mass is 285 g/mol. The summed E-state index contributed by atoms with van der Waals surface area (Å²) in [4.78, 5) is 0. The second-order valence-corrected chi connectivity index (χ2v) is 5.70. The summed E-state index contributed by atoms with van der Waals surface area (Å²) in [7, 11) is 0. The average molecular weight is 285 g/mol. The third-order valence-corrected chi connectivity index (χ3v) is 3.93. The van der Waals surface area contributed by atoms with Crippen LogP contribution in [0.2, 0.25) is 0 Å². The Morgan fingerprint density at radius 1 is 1.10 bits per heavy atom. The molecule has 0 aliphatic carbocycles. The van der Waals surface area contributed by atoms with Crippen molar-refractivity contribution in [3.8, 4) is 0 Å². The highest BCUT2D eigenvalue weighted by molar-refractivity contribution is 5.36. The van der Waals surface area contributed by atoms with Gasteiger partial charge in [0.25, 0.3) is 0 Å². The Hall–Kier alpha value is -1.54. The van der Waals surface area contributed by atoms with Crippen LogP contribution in [0, 0.1) is 13.8 Å². The Balaban J connectivity index is 2.24. The summed E-state index contributed by atoms with van der Waals surface area (Å²) in [6.45, 7) is 9.37. The van der Waals surface area contributed by atoms with Crippen molar-refractivity contribution in [2.45, 2.75) is 53.0 Å². The van der Waals surface area contributed by atoms with E-state index in [0.29, 0.717) is 0 Å². The Morgan fingerprint density at radius 3 is 2.33 bits per heavy atom. The summed E-state index contributed by atoms with van der Waals surface area (Å²) >= 11 is 0. The van der Waals surface area contributed by atoms with Crippen LogP contribution in [-0.4, -0.2) is 6.54 Å². The molecule has 0 saturated carbocycles. The normalized spacial score (nSPS) is 12.6. The Kier molecular flexibility index (Phi) is 5.63. The molecule has 1 unspecified atom stereocenters. The third-order valence-electron chi connectivity index (χ3n) is 3.93. The predicted molar refractivity (Wildman–Crippen MR) is 88.8 cm³/mol. The van der Waals surface area contributed by atoms with Crippen molar-refractivity contribution < 1.29 is 4.42 Å². The predicted octanol–water partition coefficient (Wildman–Crippen LogP) is 4.94. The summed E-state index contributed by atoms with van der Waals surface area (Å²) in [5, 5.41) is 3.57. The molecular weight excluding hydrogens is 258 g/mol. The zero-order valence-corrected chi connectivity index (χ0v) is 13.7. The Morgan fingerprint density at radius 2 is 1.81 bits per heavy atom. The minimum atomic E-state index is 0.215. The first-order valence-electron chi connectivity index (χ1n) is 8.04. The Labute approximate surface area is 128 Å². The molecule has 21 heavy (non-hydrogen) atoms. The maximum atomic E-state index is 5.70. The lowest BCUT2D eigenvalue weighted by Crippen LogP contribution is -2.22. The zero-order valence-electron chi connectivity index (χ0n) is 13.7. The van der Waals surface area contributed by atoms with Crippen LogP contribution in [-0.2, 0) is 6.42 Å². The quantitative estimate of drug-likeness (QED) is 0.779. The maximum Gasteiger partial charge on any atom is 0.106 e. The van der Waals surface area contributed by atoms with E-state index in [1.54, 1.807) is 0 Å². The SMILES string of the molecule is CCCCc1ccc(C(NCC)c2cc(C)oc2C)cc1. The fourth-order valence-corrected chi connectivity index (χ4v) is 2.81. The van der Waals surface area contributed by atoms with Crippen LogP contribution in [0.4, 0.5) is 0 Å². The number of benzene rings is 1. The molecule has 0 aliphatic rings. The number of aryl methyl sites for hydroxylation is 3. The fraction of sp³-hybridized carbons (Fsp3) is 0.474. The van der Waals surface area contributed by atoms with Crippen molar-refractivity contribution in [1.82, 2.24) is 5.32 Å². The van der Waals surface area contributed by atoms with E-state index in [4.69, 9.17) is 4.42 Å². The van der Waals surface area contributed by atoms with E-state index in [1.807, 2.05) is 13.8 Å². The first-order chi connectivity index (χ1) is 10.2. The van der Waals surface area contributed by atoms with Gasteiger partial charge in [0.2, 0.25) is 0 Å². The van der Waals surface area contributed by atoms with Gasteiger partial charge in [-0.3, -0.25) is 0 Å². The molecule has 0 spiro atoms. The van der Waals surface area contributed by atoms with E-state index in [1.165, 1.54) is 36.0 Å². The summed E-state index contributed by atoms with van der Waals surface area (Å²) in [6, 6.07) is 11.4. The second kappa shape index (κ2) is 7.46. The van der Waals surface area contributed by atoms with Gasteiger partial charge in [-0.2, -0.15) is 0 Å². The number of hydrogen-bond acceptors (Lipinski definition) is 2. The van der Waals surface area contributed by atoms with Crippen LogP contribution in [0.3, 0.4) is 0 Å². The van der Waals surface area contributed by atoms with Crippen molar-refractivity contribution in [3.63, 3.8) is 0 Å². The van der Waals surface area contributed by atoms with Crippen molar-refractivity contribution in [2.24, 2.45) is 0 Å². The van der Waals surface area contributed by atoms with Gasteiger partial charge in [0.15, 0.2) is 0 Å². The molecule has 1 atom stereocenters. The zero-order chi connectivity index (χ0) is 15.2. The molecule has 1 N–H and O–H groups in total. The molecule has 2 rings (SSSR count). The van der Waals surface area contributed by atoms with E-state index in [9.17, 15) is 0 Å². The molecule has 0 fully saturated rings. The van der Waals surface area contributed by atoms with E-state index in [2.05, 4.69) is 49.5 Å².